The zero-order valence-electron chi connectivity index (χ0n) is 8.17. The minimum Gasteiger partial charge on any atom is -0.681 e. The third-order valence-corrected chi connectivity index (χ3v) is 1.31. The minimum absolute atomic E-state index is 0. The maximum absolute atomic E-state index is 4.27. The third-order valence-electron chi connectivity index (χ3n) is 1.31. The zero-order chi connectivity index (χ0) is 7.11. The van der Waals surface area contributed by atoms with Gasteiger partial charge < -0.3 is 18.1 Å². The van der Waals surface area contributed by atoms with Crippen LogP contribution in [0.1, 0.15) is 27.2 Å². The van der Waals surface area contributed by atoms with Gasteiger partial charge in [-0.1, -0.05) is 27.2 Å². The minimum atomic E-state index is 0. The van der Waals surface area contributed by atoms with Crippen LogP contribution in [0.25, 0.3) is 10.6 Å². The first kappa shape index (κ1) is 17.9. The van der Waals surface area contributed by atoms with Gasteiger partial charge >= 0.3 is 32.7 Å². The molecule has 64 valence electrons. The standard InChI is InChI=1S/C7H16N2.CH3.Y/c1-4-7(3)9-6-8-5-2;;/h7H,4-6H2,1-3H3;1H3;/q-2;-1;+3. The Labute approximate surface area is 96.8 Å². The molecule has 0 aromatic rings. The van der Waals surface area contributed by atoms with Crippen molar-refractivity contribution in [2.45, 2.75) is 33.2 Å². The maximum Gasteiger partial charge on any atom is 3.00 e. The molecular formula is C8H19N2Y. The van der Waals surface area contributed by atoms with Crippen molar-refractivity contribution in [2.24, 2.45) is 0 Å². The van der Waals surface area contributed by atoms with E-state index in [-0.39, 0.29) is 40.1 Å². The van der Waals surface area contributed by atoms with E-state index in [1.165, 1.54) is 0 Å². The SMILES string of the molecule is CC[N-]C[N-]C(C)CC.[CH3-].[Y+3]. The number of hydrogen-bond donors (Lipinski definition) is 0. The van der Waals surface area contributed by atoms with Crippen LogP contribution in [0.3, 0.4) is 0 Å². The van der Waals surface area contributed by atoms with E-state index in [2.05, 4.69) is 24.5 Å². The van der Waals surface area contributed by atoms with Crippen LogP contribution in [-0.2, 0) is 32.7 Å². The van der Waals surface area contributed by atoms with Crippen molar-refractivity contribution in [3.63, 3.8) is 0 Å². The molecule has 0 aliphatic rings. The molecule has 0 saturated heterocycles. The molecule has 0 amide bonds. The Kier molecular flexibility index (Phi) is 22.2. The van der Waals surface area contributed by atoms with Crippen LogP contribution in [0.2, 0.25) is 0 Å². The number of hydrogen-bond acceptors (Lipinski definition) is 0. The molecule has 0 aliphatic heterocycles. The van der Waals surface area contributed by atoms with Crippen molar-refractivity contribution in [1.29, 1.82) is 0 Å². The molecule has 0 spiro atoms. The Morgan fingerprint density at radius 3 is 2.18 bits per heavy atom. The molecule has 0 aliphatic carbocycles. The second kappa shape index (κ2) is 13.6. The van der Waals surface area contributed by atoms with Crippen LogP contribution in [0.4, 0.5) is 0 Å². The fourth-order valence-electron chi connectivity index (χ4n) is 0.426. The first-order chi connectivity index (χ1) is 4.31. The summed E-state index contributed by atoms with van der Waals surface area (Å²) in [5.74, 6) is 0. The van der Waals surface area contributed by atoms with Crippen LogP contribution in [-0.4, -0.2) is 19.3 Å². The van der Waals surface area contributed by atoms with Gasteiger partial charge in [-0.15, -0.1) is 6.04 Å². The smallest absolute Gasteiger partial charge is 0.681 e. The van der Waals surface area contributed by atoms with E-state index in [0.29, 0.717) is 12.7 Å². The van der Waals surface area contributed by atoms with Crippen molar-refractivity contribution in [3.8, 4) is 0 Å². The molecule has 0 bridgehead atoms. The molecule has 0 fully saturated rings. The Morgan fingerprint density at radius 2 is 1.82 bits per heavy atom. The molecule has 3 heteroatoms. The van der Waals surface area contributed by atoms with E-state index in [4.69, 9.17) is 0 Å². The van der Waals surface area contributed by atoms with Crippen LogP contribution in [0.5, 0.6) is 0 Å². The molecule has 1 atom stereocenters. The normalized spacial score (nSPS) is 11.2. The van der Waals surface area contributed by atoms with Crippen molar-refractivity contribution in [3.05, 3.63) is 18.1 Å². The summed E-state index contributed by atoms with van der Waals surface area (Å²) in [5, 5.41) is 8.36. The Morgan fingerprint density at radius 1 is 1.27 bits per heavy atom. The second-order valence-electron chi connectivity index (χ2n) is 2.12. The van der Waals surface area contributed by atoms with Gasteiger partial charge in [-0.2, -0.15) is 6.54 Å². The number of rotatable bonds is 5. The van der Waals surface area contributed by atoms with Crippen LogP contribution < -0.4 is 0 Å². The first-order valence-electron chi connectivity index (χ1n) is 3.61. The van der Waals surface area contributed by atoms with Gasteiger partial charge in [-0.05, 0) is 0 Å². The Bertz CT molecular complexity index is 60.1. The molecular weight excluding hydrogens is 213 g/mol. The summed E-state index contributed by atoms with van der Waals surface area (Å²) in [6, 6.07) is 0.486. The monoisotopic (exact) mass is 232 g/mol. The summed E-state index contributed by atoms with van der Waals surface area (Å²) in [6.07, 6.45) is 1.12. The summed E-state index contributed by atoms with van der Waals surface area (Å²) in [6.45, 7) is 7.86. The molecule has 2 nitrogen and oxygen atoms in total. The molecule has 0 heterocycles. The van der Waals surface area contributed by atoms with Gasteiger partial charge in [-0.3, -0.25) is 6.67 Å². The first-order valence-corrected chi connectivity index (χ1v) is 3.61. The number of nitrogens with zero attached hydrogens (tertiary/aromatic N) is 2. The summed E-state index contributed by atoms with van der Waals surface area (Å²) >= 11 is 0. The van der Waals surface area contributed by atoms with E-state index in [1.54, 1.807) is 0 Å². The van der Waals surface area contributed by atoms with E-state index in [0.717, 1.165) is 13.0 Å². The average molecular weight is 232 g/mol. The predicted octanol–water partition coefficient (Wildman–Crippen LogP) is 2.96. The van der Waals surface area contributed by atoms with E-state index in [9.17, 15) is 0 Å². The largest absolute Gasteiger partial charge is 3.00 e. The average Bonchev–Trinajstić information content (AvgIpc) is 1.89. The van der Waals surface area contributed by atoms with E-state index in [1.807, 2.05) is 6.92 Å². The zero-order valence-corrected chi connectivity index (χ0v) is 11.0. The van der Waals surface area contributed by atoms with E-state index >= 15 is 0 Å². The molecule has 0 radical (unpaired) electrons. The summed E-state index contributed by atoms with van der Waals surface area (Å²) < 4.78 is 0. The molecule has 0 saturated carbocycles. The van der Waals surface area contributed by atoms with Crippen molar-refractivity contribution >= 4 is 0 Å². The van der Waals surface area contributed by atoms with Crippen LogP contribution >= 0.6 is 0 Å². The van der Waals surface area contributed by atoms with Crippen molar-refractivity contribution < 1.29 is 32.7 Å². The molecule has 0 rings (SSSR count). The van der Waals surface area contributed by atoms with Gasteiger partial charge in [0.05, 0.1) is 0 Å². The molecule has 1 unspecified atom stereocenters. The quantitative estimate of drug-likeness (QED) is 0.515. The van der Waals surface area contributed by atoms with Gasteiger partial charge in [0.2, 0.25) is 0 Å². The van der Waals surface area contributed by atoms with Gasteiger partial charge in [0, 0.05) is 0 Å². The molecule has 0 aromatic heterocycles. The van der Waals surface area contributed by atoms with Crippen molar-refractivity contribution in [2.75, 3.05) is 13.2 Å². The van der Waals surface area contributed by atoms with Crippen LogP contribution in [0.15, 0.2) is 0 Å². The molecule has 0 aromatic carbocycles. The topological polar surface area (TPSA) is 28.2 Å². The van der Waals surface area contributed by atoms with Crippen molar-refractivity contribution in [1.82, 2.24) is 0 Å². The Balaban J connectivity index is -0.000000320. The van der Waals surface area contributed by atoms with Gasteiger partial charge in [-0.25, -0.2) is 0 Å². The van der Waals surface area contributed by atoms with Crippen LogP contribution in [0, 0.1) is 7.43 Å². The predicted molar refractivity (Wildman–Crippen MR) is 48.3 cm³/mol. The van der Waals surface area contributed by atoms with E-state index < -0.39 is 0 Å². The fraction of sp³-hybridized carbons (Fsp3) is 0.875. The Hall–Kier alpha value is 1.02. The summed E-state index contributed by atoms with van der Waals surface area (Å²) in [7, 11) is 0. The third kappa shape index (κ3) is 13.9. The van der Waals surface area contributed by atoms with Gasteiger partial charge in [0.25, 0.3) is 0 Å². The molecule has 0 N–H and O–H groups in total. The maximum atomic E-state index is 4.27. The fourth-order valence-corrected chi connectivity index (χ4v) is 0.426. The summed E-state index contributed by atoms with van der Waals surface area (Å²) in [5.41, 5.74) is 0. The second-order valence-corrected chi connectivity index (χ2v) is 2.12. The van der Waals surface area contributed by atoms with Gasteiger partial charge in [0.15, 0.2) is 0 Å². The van der Waals surface area contributed by atoms with Gasteiger partial charge in [0.1, 0.15) is 0 Å². The molecule has 11 heavy (non-hydrogen) atoms. The summed E-state index contributed by atoms with van der Waals surface area (Å²) in [4.78, 5) is 0.